The summed E-state index contributed by atoms with van der Waals surface area (Å²) >= 11 is 6.42. The molecule has 2 aliphatic heterocycles. The number of nitrogens with zero attached hydrogens (tertiary/aromatic N) is 1. The number of hydrogen-bond donors (Lipinski definition) is 4. The smallest absolute Gasteiger partial charge is 0.225 e. The van der Waals surface area contributed by atoms with E-state index >= 15 is 0 Å². The Hall–Kier alpha value is -2.04. The van der Waals surface area contributed by atoms with Crippen LogP contribution in [0.4, 0.5) is 0 Å². The maximum absolute atomic E-state index is 10.7. The Bertz CT molecular complexity index is 969. The molecule has 166 valence electrons. The second-order valence-corrected chi connectivity index (χ2v) is 8.21. The van der Waals surface area contributed by atoms with E-state index < -0.39 is 36.3 Å². The third-order valence-electron chi connectivity index (χ3n) is 5.86. The lowest BCUT2D eigenvalue weighted by molar-refractivity contribution is -0.329. The highest BCUT2D eigenvalue weighted by atomic mass is 35.5. The monoisotopic (exact) mass is 449 g/mol. The number of benzene rings is 2. The molecule has 4 N–H and O–H groups in total. The molecule has 0 aliphatic carbocycles. The van der Waals surface area contributed by atoms with Crippen molar-refractivity contribution < 1.29 is 34.7 Å². The Morgan fingerprint density at radius 3 is 2.58 bits per heavy atom. The molecule has 0 saturated carbocycles. The quantitative estimate of drug-likeness (QED) is 0.382. The maximum Gasteiger partial charge on any atom is 0.225 e. The van der Waals surface area contributed by atoms with E-state index in [0.29, 0.717) is 17.0 Å². The zero-order valence-corrected chi connectivity index (χ0v) is 17.6. The van der Waals surface area contributed by atoms with E-state index in [1.807, 2.05) is 24.3 Å². The Labute approximate surface area is 184 Å². The van der Waals surface area contributed by atoms with Gasteiger partial charge in [0.2, 0.25) is 5.79 Å². The molecule has 2 aromatic rings. The van der Waals surface area contributed by atoms with Crippen LogP contribution in [0.25, 0.3) is 0 Å². The van der Waals surface area contributed by atoms with E-state index in [9.17, 15) is 20.4 Å². The van der Waals surface area contributed by atoms with Gasteiger partial charge in [-0.2, -0.15) is 0 Å². The lowest BCUT2D eigenvalue weighted by Crippen LogP contribution is -2.65. The third-order valence-corrected chi connectivity index (χ3v) is 6.23. The lowest BCUT2D eigenvalue weighted by atomic mass is 9.83. The summed E-state index contributed by atoms with van der Waals surface area (Å²) in [6.45, 7) is -0.750. The summed E-state index contributed by atoms with van der Waals surface area (Å²) < 4.78 is 11.7. The fraction of sp³-hybridized carbons (Fsp3) is 0.409. The van der Waals surface area contributed by atoms with Gasteiger partial charge >= 0.3 is 0 Å². The lowest BCUT2D eigenvalue weighted by Gasteiger charge is -2.46. The highest BCUT2D eigenvalue weighted by Crippen LogP contribution is 2.49. The first kappa shape index (κ1) is 22.2. The Balaban J connectivity index is 1.64. The van der Waals surface area contributed by atoms with Gasteiger partial charge in [0.05, 0.1) is 19.4 Å². The largest absolute Gasteiger partial charge is 0.399 e. The fourth-order valence-corrected chi connectivity index (χ4v) is 4.24. The average molecular weight is 450 g/mol. The van der Waals surface area contributed by atoms with Gasteiger partial charge in [-0.3, -0.25) is 0 Å². The van der Waals surface area contributed by atoms with Gasteiger partial charge in [0.1, 0.15) is 31.0 Å². The van der Waals surface area contributed by atoms with Crippen molar-refractivity contribution in [3.63, 3.8) is 0 Å². The van der Waals surface area contributed by atoms with Gasteiger partial charge in [0.15, 0.2) is 0 Å². The highest BCUT2D eigenvalue weighted by Gasteiger charge is 2.67. The predicted molar refractivity (Wildman–Crippen MR) is 112 cm³/mol. The van der Waals surface area contributed by atoms with Crippen molar-refractivity contribution in [2.75, 3.05) is 20.3 Å². The van der Waals surface area contributed by atoms with Crippen LogP contribution in [0.15, 0.2) is 47.6 Å². The van der Waals surface area contributed by atoms with E-state index in [0.717, 1.165) is 16.7 Å². The number of oxime groups is 1. The van der Waals surface area contributed by atoms with Crippen LogP contribution in [-0.2, 0) is 26.5 Å². The van der Waals surface area contributed by atoms with Crippen LogP contribution in [0.1, 0.15) is 22.3 Å². The molecule has 0 unspecified atom stereocenters. The molecular formula is C22H24ClNO7. The van der Waals surface area contributed by atoms with Crippen molar-refractivity contribution in [2.45, 2.75) is 36.1 Å². The molecule has 0 amide bonds. The van der Waals surface area contributed by atoms with Gasteiger partial charge in [-0.25, -0.2) is 0 Å². The van der Waals surface area contributed by atoms with Gasteiger partial charge in [0.25, 0.3) is 0 Å². The van der Waals surface area contributed by atoms with Crippen LogP contribution in [0.3, 0.4) is 0 Å². The van der Waals surface area contributed by atoms with E-state index in [-0.39, 0.29) is 6.61 Å². The van der Waals surface area contributed by atoms with E-state index in [4.69, 9.17) is 21.1 Å². The standard InChI is InChI=1S/C22H24ClNO7/c1-29-24-10-14-4-2-13(3-5-14)8-15-9-16(6-7-17(15)23)22-20(28)18(26)19(27)21(11-25,31-22)12-30-22/h2-7,9-10,18-20,25-28H,8,11-12H2,1H3/t18-,19-,20+,21-,22-/m0/s1. The summed E-state index contributed by atoms with van der Waals surface area (Å²) in [6, 6.07) is 12.7. The molecule has 9 heteroatoms. The fourth-order valence-electron chi connectivity index (χ4n) is 4.06. The first-order chi connectivity index (χ1) is 14.8. The average Bonchev–Trinajstić information content (AvgIpc) is 3.17. The molecule has 0 aromatic heterocycles. The maximum atomic E-state index is 10.7. The molecular weight excluding hydrogens is 426 g/mol. The minimum atomic E-state index is -1.72. The van der Waals surface area contributed by atoms with Gasteiger partial charge in [-0.1, -0.05) is 47.1 Å². The molecule has 0 radical (unpaired) electrons. The Kier molecular flexibility index (Phi) is 6.06. The number of aliphatic hydroxyl groups excluding tert-OH is 4. The zero-order chi connectivity index (χ0) is 22.2. The van der Waals surface area contributed by atoms with Crippen molar-refractivity contribution in [3.8, 4) is 0 Å². The number of ether oxygens (including phenoxy) is 2. The first-order valence-corrected chi connectivity index (χ1v) is 10.2. The van der Waals surface area contributed by atoms with Crippen molar-refractivity contribution in [1.82, 2.24) is 0 Å². The molecule has 31 heavy (non-hydrogen) atoms. The normalized spacial score (nSPS) is 32.5. The predicted octanol–water partition coefficient (Wildman–Crippen LogP) is 0.938. The Morgan fingerprint density at radius 2 is 1.90 bits per heavy atom. The summed E-state index contributed by atoms with van der Waals surface area (Å²) in [5, 5.41) is 45.4. The summed E-state index contributed by atoms with van der Waals surface area (Å²) in [7, 11) is 1.48. The van der Waals surface area contributed by atoms with Crippen molar-refractivity contribution >= 4 is 17.8 Å². The van der Waals surface area contributed by atoms with Crippen molar-refractivity contribution in [3.05, 3.63) is 69.7 Å². The molecule has 2 bridgehead atoms. The van der Waals surface area contributed by atoms with Crippen LogP contribution in [0, 0.1) is 0 Å². The number of rotatable bonds is 6. The van der Waals surface area contributed by atoms with Gasteiger partial charge in [-0.05, 0) is 35.2 Å². The molecule has 0 spiro atoms. The first-order valence-electron chi connectivity index (χ1n) is 9.79. The Morgan fingerprint density at radius 1 is 1.16 bits per heavy atom. The van der Waals surface area contributed by atoms with E-state index in [2.05, 4.69) is 9.99 Å². The zero-order valence-electron chi connectivity index (χ0n) is 16.8. The summed E-state index contributed by atoms with van der Waals surface area (Å²) in [5.74, 6) is -1.72. The second kappa shape index (κ2) is 8.48. The van der Waals surface area contributed by atoms with Crippen LogP contribution in [0.2, 0.25) is 5.02 Å². The molecule has 2 heterocycles. The molecule has 2 aliphatic rings. The summed E-state index contributed by atoms with van der Waals surface area (Å²) in [5.41, 5.74) is 1.55. The van der Waals surface area contributed by atoms with E-state index in [1.165, 1.54) is 7.11 Å². The van der Waals surface area contributed by atoms with Crippen LogP contribution < -0.4 is 0 Å². The second-order valence-electron chi connectivity index (χ2n) is 7.80. The van der Waals surface area contributed by atoms with Crippen LogP contribution in [-0.4, -0.2) is 70.9 Å². The number of halogens is 1. The molecule has 5 atom stereocenters. The molecule has 8 nitrogen and oxygen atoms in total. The molecule has 4 rings (SSSR count). The highest BCUT2D eigenvalue weighted by molar-refractivity contribution is 6.31. The van der Waals surface area contributed by atoms with Gasteiger partial charge in [-0.15, -0.1) is 0 Å². The number of fused-ring (bicyclic) bond motifs is 2. The molecule has 2 saturated heterocycles. The summed E-state index contributed by atoms with van der Waals surface area (Å²) in [6.07, 6.45) is -2.50. The van der Waals surface area contributed by atoms with Crippen LogP contribution >= 0.6 is 11.6 Å². The minimum Gasteiger partial charge on any atom is -0.399 e. The van der Waals surface area contributed by atoms with Crippen LogP contribution in [0.5, 0.6) is 0 Å². The third kappa shape index (κ3) is 3.74. The molecule has 2 aromatic carbocycles. The van der Waals surface area contributed by atoms with Gasteiger partial charge < -0.3 is 34.7 Å². The van der Waals surface area contributed by atoms with Crippen molar-refractivity contribution in [1.29, 1.82) is 0 Å². The van der Waals surface area contributed by atoms with Crippen molar-refractivity contribution in [2.24, 2.45) is 5.16 Å². The number of hydrogen-bond acceptors (Lipinski definition) is 8. The number of aliphatic hydroxyl groups is 4. The van der Waals surface area contributed by atoms with E-state index in [1.54, 1.807) is 24.4 Å². The van der Waals surface area contributed by atoms with Gasteiger partial charge in [0, 0.05) is 10.6 Å². The summed E-state index contributed by atoms with van der Waals surface area (Å²) in [4.78, 5) is 4.68. The molecule has 2 fully saturated rings. The topological polar surface area (TPSA) is 121 Å². The minimum absolute atomic E-state index is 0.179. The SMILES string of the molecule is CON=Cc1ccc(Cc2cc([C@]34OC[C@](CO)(O3)[C@@H](O)[C@H](O)[C@H]4O)ccc2Cl)cc1.